The number of aryl methyl sites for hydroxylation is 3. The summed E-state index contributed by atoms with van der Waals surface area (Å²) in [7, 11) is 1.66. The SMILES string of the molecule is CCNC(=NCCCc1c(C)noc1C)NC1CCc2nc(COC)nn2C1.I. The molecule has 1 aliphatic rings. The molecule has 0 radical (unpaired) electrons. The van der Waals surface area contributed by atoms with Gasteiger partial charge in [-0.15, -0.1) is 24.0 Å². The molecule has 162 valence electrons. The first-order valence-corrected chi connectivity index (χ1v) is 9.98. The zero-order valence-electron chi connectivity index (χ0n) is 17.7. The summed E-state index contributed by atoms with van der Waals surface area (Å²) in [5, 5.41) is 15.4. The highest BCUT2D eigenvalue weighted by Gasteiger charge is 2.22. The molecule has 3 heterocycles. The number of nitrogens with one attached hydrogen (secondary N) is 2. The molecule has 0 amide bonds. The van der Waals surface area contributed by atoms with Crippen LogP contribution in [0.5, 0.6) is 0 Å². The van der Waals surface area contributed by atoms with Crippen molar-refractivity contribution in [2.24, 2.45) is 4.99 Å². The maximum absolute atomic E-state index is 5.23. The highest BCUT2D eigenvalue weighted by molar-refractivity contribution is 14.0. The maximum Gasteiger partial charge on any atom is 0.191 e. The van der Waals surface area contributed by atoms with Crippen molar-refractivity contribution in [3.05, 3.63) is 28.7 Å². The van der Waals surface area contributed by atoms with Crippen LogP contribution in [0.15, 0.2) is 9.52 Å². The molecule has 1 atom stereocenters. The first kappa shape index (κ1) is 23.6. The third-order valence-electron chi connectivity index (χ3n) is 4.90. The third-order valence-corrected chi connectivity index (χ3v) is 4.90. The Bertz CT molecular complexity index is 783. The smallest absolute Gasteiger partial charge is 0.191 e. The molecule has 0 saturated carbocycles. The van der Waals surface area contributed by atoms with Crippen molar-refractivity contribution in [1.29, 1.82) is 0 Å². The van der Waals surface area contributed by atoms with E-state index in [2.05, 4.69) is 32.8 Å². The van der Waals surface area contributed by atoms with E-state index in [1.54, 1.807) is 7.11 Å². The van der Waals surface area contributed by atoms with E-state index in [1.807, 2.05) is 18.5 Å². The van der Waals surface area contributed by atoms with E-state index in [4.69, 9.17) is 14.3 Å². The second-order valence-electron chi connectivity index (χ2n) is 7.11. The summed E-state index contributed by atoms with van der Waals surface area (Å²) >= 11 is 0. The molecule has 2 N–H and O–H groups in total. The van der Waals surface area contributed by atoms with E-state index in [1.165, 1.54) is 5.56 Å². The topological polar surface area (TPSA) is 102 Å². The number of methoxy groups -OCH3 is 1. The predicted octanol–water partition coefficient (Wildman–Crippen LogP) is 2.15. The molecule has 0 fully saturated rings. The molecule has 2 aromatic rings. The molecule has 1 aliphatic heterocycles. The van der Waals surface area contributed by atoms with Crippen molar-refractivity contribution in [3.8, 4) is 0 Å². The first-order chi connectivity index (χ1) is 13.6. The number of halogens is 1. The summed E-state index contributed by atoms with van der Waals surface area (Å²) in [5.41, 5.74) is 2.18. The Labute approximate surface area is 189 Å². The summed E-state index contributed by atoms with van der Waals surface area (Å²) in [5.74, 6) is 3.54. The lowest BCUT2D eigenvalue weighted by Crippen LogP contribution is -2.47. The van der Waals surface area contributed by atoms with Crippen LogP contribution in [0.25, 0.3) is 0 Å². The number of ether oxygens (including phenoxy) is 1. The molecule has 0 aliphatic carbocycles. The predicted molar refractivity (Wildman–Crippen MR) is 122 cm³/mol. The van der Waals surface area contributed by atoms with Gasteiger partial charge >= 0.3 is 0 Å². The number of aromatic nitrogens is 4. The quantitative estimate of drug-likeness (QED) is 0.240. The summed E-state index contributed by atoms with van der Waals surface area (Å²) in [4.78, 5) is 9.27. The minimum atomic E-state index is 0. The van der Waals surface area contributed by atoms with Gasteiger partial charge in [-0.05, 0) is 40.0 Å². The van der Waals surface area contributed by atoms with Crippen LogP contribution >= 0.6 is 24.0 Å². The monoisotopic (exact) mass is 517 g/mol. The average Bonchev–Trinajstić information content (AvgIpc) is 3.21. The summed E-state index contributed by atoms with van der Waals surface area (Å²) in [6.07, 6.45) is 3.80. The van der Waals surface area contributed by atoms with Gasteiger partial charge in [-0.1, -0.05) is 5.16 Å². The van der Waals surface area contributed by atoms with Gasteiger partial charge in [0.2, 0.25) is 0 Å². The van der Waals surface area contributed by atoms with Gasteiger partial charge in [0.25, 0.3) is 0 Å². The number of rotatable bonds is 8. The van der Waals surface area contributed by atoms with Gasteiger partial charge in [-0.25, -0.2) is 9.67 Å². The first-order valence-electron chi connectivity index (χ1n) is 9.98. The zero-order valence-corrected chi connectivity index (χ0v) is 20.0. The Morgan fingerprint density at radius 1 is 1.38 bits per heavy atom. The highest BCUT2D eigenvalue weighted by atomic mass is 127. The van der Waals surface area contributed by atoms with Gasteiger partial charge in [0, 0.05) is 38.2 Å². The lowest BCUT2D eigenvalue weighted by atomic mass is 10.1. The third kappa shape index (κ3) is 6.39. The van der Waals surface area contributed by atoms with Crippen molar-refractivity contribution in [1.82, 2.24) is 30.6 Å². The number of hydrogen-bond donors (Lipinski definition) is 2. The lowest BCUT2D eigenvalue weighted by molar-refractivity contribution is 0.177. The average molecular weight is 517 g/mol. The van der Waals surface area contributed by atoms with Crippen LogP contribution in [0.3, 0.4) is 0 Å². The van der Waals surface area contributed by atoms with Gasteiger partial charge in [-0.2, -0.15) is 5.10 Å². The highest BCUT2D eigenvalue weighted by Crippen LogP contribution is 2.15. The minimum Gasteiger partial charge on any atom is -0.377 e. The number of aliphatic imine (C=N–C) groups is 1. The normalized spacial score (nSPS) is 16.3. The fourth-order valence-corrected chi connectivity index (χ4v) is 3.49. The molecule has 0 bridgehead atoms. The van der Waals surface area contributed by atoms with Gasteiger partial charge < -0.3 is 19.9 Å². The van der Waals surface area contributed by atoms with E-state index < -0.39 is 0 Å². The number of guanidine groups is 1. The van der Waals surface area contributed by atoms with Crippen molar-refractivity contribution < 1.29 is 9.26 Å². The zero-order chi connectivity index (χ0) is 19.9. The summed E-state index contributed by atoms with van der Waals surface area (Å²) < 4.78 is 12.3. The van der Waals surface area contributed by atoms with Gasteiger partial charge in [-0.3, -0.25) is 4.99 Å². The lowest BCUT2D eigenvalue weighted by Gasteiger charge is -2.25. The fourth-order valence-electron chi connectivity index (χ4n) is 3.49. The van der Waals surface area contributed by atoms with Gasteiger partial charge in [0.15, 0.2) is 11.8 Å². The van der Waals surface area contributed by atoms with Crippen LogP contribution in [0, 0.1) is 13.8 Å². The van der Waals surface area contributed by atoms with E-state index in [9.17, 15) is 0 Å². The maximum atomic E-state index is 5.23. The molecule has 0 spiro atoms. The Balaban J connectivity index is 0.00000300. The Hall–Kier alpha value is -1.69. The number of nitrogens with zero attached hydrogens (tertiary/aromatic N) is 5. The van der Waals surface area contributed by atoms with Crippen LogP contribution in [0.4, 0.5) is 0 Å². The Morgan fingerprint density at radius 3 is 2.90 bits per heavy atom. The van der Waals surface area contributed by atoms with Crippen LogP contribution in [0.1, 0.15) is 48.4 Å². The second kappa shape index (κ2) is 11.5. The molecule has 2 aromatic heterocycles. The van der Waals surface area contributed by atoms with E-state index in [0.717, 1.165) is 74.4 Å². The van der Waals surface area contributed by atoms with Crippen LogP contribution < -0.4 is 10.6 Å². The fraction of sp³-hybridized carbons (Fsp3) is 0.684. The molecular weight excluding hydrogens is 485 g/mol. The molecule has 9 nitrogen and oxygen atoms in total. The van der Waals surface area contributed by atoms with E-state index >= 15 is 0 Å². The standard InChI is InChI=1S/C19H31N7O2.HI/c1-5-20-19(21-10-6-7-16-13(2)25-28-14(16)3)22-15-8-9-18-23-17(12-27-4)24-26(18)11-15;/h15H,5-12H2,1-4H3,(H2,20,21,22);1H. The van der Waals surface area contributed by atoms with Gasteiger partial charge in [0.1, 0.15) is 18.2 Å². The summed E-state index contributed by atoms with van der Waals surface area (Å²) in [6.45, 7) is 8.84. The van der Waals surface area contributed by atoms with Crippen molar-refractivity contribution in [2.45, 2.75) is 65.6 Å². The molecule has 0 saturated heterocycles. The molecule has 0 aromatic carbocycles. The molecule has 3 rings (SSSR count). The Morgan fingerprint density at radius 2 is 2.21 bits per heavy atom. The molecule has 29 heavy (non-hydrogen) atoms. The number of fused-ring (bicyclic) bond motifs is 1. The second-order valence-corrected chi connectivity index (χ2v) is 7.11. The van der Waals surface area contributed by atoms with E-state index in [-0.39, 0.29) is 30.0 Å². The van der Waals surface area contributed by atoms with Gasteiger partial charge in [0.05, 0.1) is 12.2 Å². The van der Waals surface area contributed by atoms with E-state index in [0.29, 0.717) is 6.61 Å². The Kier molecular flexibility index (Phi) is 9.34. The van der Waals surface area contributed by atoms with Crippen molar-refractivity contribution in [2.75, 3.05) is 20.2 Å². The van der Waals surface area contributed by atoms with Crippen LogP contribution in [-0.4, -0.2) is 52.1 Å². The molecular formula is C19H32IN7O2. The van der Waals surface area contributed by atoms with Crippen molar-refractivity contribution >= 4 is 29.9 Å². The molecule has 10 heteroatoms. The summed E-state index contributed by atoms with van der Waals surface area (Å²) in [6, 6.07) is 0.282. The van der Waals surface area contributed by atoms with Crippen LogP contribution in [0.2, 0.25) is 0 Å². The largest absolute Gasteiger partial charge is 0.377 e. The van der Waals surface area contributed by atoms with Crippen LogP contribution in [-0.2, 0) is 30.7 Å². The van der Waals surface area contributed by atoms with Crippen molar-refractivity contribution in [3.63, 3.8) is 0 Å². The number of hydrogen-bond acceptors (Lipinski definition) is 6. The molecule has 1 unspecified atom stereocenters. The minimum absolute atomic E-state index is 0.